The van der Waals surface area contributed by atoms with Crippen LogP contribution < -0.4 is 11.3 Å². The predicted octanol–water partition coefficient (Wildman–Crippen LogP) is 2.26. The number of nitrogen functional groups attached to an aromatic ring is 1. The van der Waals surface area contributed by atoms with Gasteiger partial charge in [-0.15, -0.1) is 0 Å². The van der Waals surface area contributed by atoms with E-state index in [0.29, 0.717) is 11.4 Å². The van der Waals surface area contributed by atoms with E-state index in [1.165, 1.54) is 5.56 Å². The van der Waals surface area contributed by atoms with Gasteiger partial charge in [-0.25, -0.2) is 4.68 Å². The van der Waals surface area contributed by atoms with Crippen LogP contribution >= 0.6 is 0 Å². The maximum atomic E-state index is 12.0. The number of nitrogens with zero attached hydrogens (tertiary/aromatic N) is 1. The Balaban J connectivity index is 2.29. The fourth-order valence-corrected chi connectivity index (χ4v) is 2.12. The monoisotopic (exact) mass is 245 g/mol. The highest BCUT2D eigenvalue weighted by atomic mass is 16.1. The van der Waals surface area contributed by atoms with E-state index < -0.39 is 0 Å². The molecule has 0 saturated heterocycles. The normalized spacial score (nSPS) is 12.6. The number of anilines is 1. The molecule has 4 heteroatoms. The number of nitrogens with one attached hydrogen (secondary N) is 1. The molecule has 0 aliphatic rings. The minimum atomic E-state index is -0.0183. The zero-order valence-corrected chi connectivity index (χ0v) is 10.8. The molecule has 0 fully saturated rings. The Kier molecular flexibility index (Phi) is 3.55. The van der Waals surface area contributed by atoms with E-state index in [9.17, 15) is 4.79 Å². The molecule has 0 amide bonds. The van der Waals surface area contributed by atoms with E-state index >= 15 is 0 Å². The van der Waals surface area contributed by atoms with Gasteiger partial charge in [-0.1, -0.05) is 37.3 Å². The Morgan fingerprint density at radius 2 is 2.00 bits per heavy atom. The first-order valence-electron chi connectivity index (χ1n) is 6.24. The topological polar surface area (TPSA) is 63.8 Å². The number of aromatic amines is 1. The molecule has 0 aliphatic carbocycles. The lowest BCUT2D eigenvalue weighted by Gasteiger charge is -2.15. The first-order valence-corrected chi connectivity index (χ1v) is 6.24. The molecule has 4 nitrogen and oxygen atoms in total. The summed E-state index contributed by atoms with van der Waals surface area (Å²) in [4.78, 5) is 12.0. The van der Waals surface area contributed by atoms with Crippen molar-refractivity contribution in [1.82, 2.24) is 9.78 Å². The van der Waals surface area contributed by atoms with Gasteiger partial charge in [0, 0.05) is 0 Å². The Bertz CT molecular complexity index is 568. The molecule has 0 spiro atoms. The fraction of sp³-hybridized carbons (Fsp3) is 0.357. The summed E-state index contributed by atoms with van der Waals surface area (Å²) in [6.07, 6.45) is 1.71. The lowest BCUT2D eigenvalue weighted by molar-refractivity contribution is 0.428. The van der Waals surface area contributed by atoms with Crippen molar-refractivity contribution >= 4 is 5.82 Å². The Morgan fingerprint density at radius 1 is 1.33 bits per heavy atom. The standard InChI is InChI=1S/C14H19N3O/c1-3-12(9-11-7-5-4-6-8-11)17-14(18)10(2)13(15)16-17/h4-8,12,16H,3,9,15H2,1-2H3. The Hall–Kier alpha value is -1.97. The van der Waals surface area contributed by atoms with Gasteiger partial charge in [0.1, 0.15) is 5.82 Å². The molecule has 1 atom stereocenters. The third-order valence-electron chi connectivity index (χ3n) is 3.34. The molecule has 0 radical (unpaired) electrons. The van der Waals surface area contributed by atoms with Crippen LogP contribution in [0.4, 0.5) is 5.82 Å². The molecular weight excluding hydrogens is 226 g/mol. The molecule has 3 N–H and O–H groups in total. The summed E-state index contributed by atoms with van der Waals surface area (Å²) < 4.78 is 1.65. The van der Waals surface area contributed by atoms with Gasteiger partial charge in [0.15, 0.2) is 0 Å². The van der Waals surface area contributed by atoms with Crippen LogP contribution in [0.2, 0.25) is 0 Å². The largest absolute Gasteiger partial charge is 0.384 e. The van der Waals surface area contributed by atoms with Crippen LogP contribution in [0.1, 0.15) is 30.5 Å². The number of H-pyrrole nitrogens is 1. The highest BCUT2D eigenvalue weighted by Gasteiger charge is 2.15. The second-order valence-corrected chi connectivity index (χ2v) is 4.58. The molecule has 2 rings (SSSR count). The van der Waals surface area contributed by atoms with Crippen molar-refractivity contribution in [3.63, 3.8) is 0 Å². The van der Waals surface area contributed by atoms with Crippen LogP contribution in [0.5, 0.6) is 0 Å². The van der Waals surface area contributed by atoms with Crippen molar-refractivity contribution in [2.45, 2.75) is 32.7 Å². The van der Waals surface area contributed by atoms with Gasteiger partial charge in [0.2, 0.25) is 0 Å². The zero-order valence-electron chi connectivity index (χ0n) is 10.8. The van der Waals surface area contributed by atoms with Gasteiger partial charge < -0.3 is 5.73 Å². The highest BCUT2D eigenvalue weighted by Crippen LogP contribution is 2.17. The molecule has 1 unspecified atom stereocenters. The van der Waals surface area contributed by atoms with Crippen molar-refractivity contribution in [3.05, 3.63) is 51.8 Å². The van der Waals surface area contributed by atoms with E-state index in [4.69, 9.17) is 5.73 Å². The van der Waals surface area contributed by atoms with Gasteiger partial charge in [-0.3, -0.25) is 9.89 Å². The van der Waals surface area contributed by atoms with Crippen LogP contribution in [0.25, 0.3) is 0 Å². The summed E-state index contributed by atoms with van der Waals surface area (Å²) >= 11 is 0. The van der Waals surface area contributed by atoms with E-state index in [2.05, 4.69) is 24.2 Å². The summed E-state index contributed by atoms with van der Waals surface area (Å²) in [5.41, 5.74) is 7.56. The number of aromatic nitrogens is 2. The van der Waals surface area contributed by atoms with Gasteiger partial charge in [0.05, 0.1) is 11.6 Å². The number of rotatable bonds is 4. The second kappa shape index (κ2) is 5.12. The molecular formula is C14H19N3O. The first kappa shape index (κ1) is 12.5. The molecule has 18 heavy (non-hydrogen) atoms. The highest BCUT2D eigenvalue weighted by molar-refractivity contribution is 5.36. The zero-order chi connectivity index (χ0) is 13.1. The molecule has 0 bridgehead atoms. The lowest BCUT2D eigenvalue weighted by atomic mass is 10.0. The fourth-order valence-electron chi connectivity index (χ4n) is 2.12. The summed E-state index contributed by atoms with van der Waals surface area (Å²) in [5.74, 6) is 0.464. The quantitative estimate of drug-likeness (QED) is 0.867. The molecule has 2 aromatic rings. The molecule has 1 aromatic heterocycles. The minimum absolute atomic E-state index is 0.0183. The van der Waals surface area contributed by atoms with Gasteiger partial charge in [-0.05, 0) is 25.3 Å². The molecule has 1 heterocycles. The van der Waals surface area contributed by atoms with Crippen molar-refractivity contribution in [1.29, 1.82) is 0 Å². The Labute approximate surface area is 106 Å². The van der Waals surface area contributed by atoms with Crippen LogP contribution in [-0.2, 0) is 6.42 Å². The van der Waals surface area contributed by atoms with Crippen LogP contribution in [0.15, 0.2) is 35.1 Å². The predicted molar refractivity (Wildman–Crippen MR) is 73.7 cm³/mol. The average molecular weight is 245 g/mol. The maximum absolute atomic E-state index is 12.0. The van der Waals surface area contributed by atoms with Crippen LogP contribution in [-0.4, -0.2) is 9.78 Å². The van der Waals surface area contributed by atoms with Crippen molar-refractivity contribution in [3.8, 4) is 0 Å². The van der Waals surface area contributed by atoms with Crippen LogP contribution in [0, 0.1) is 6.92 Å². The summed E-state index contributed by atoms with van der Waals surface area (Å²) in [5, 5.41) is 2.97. The third kappa shape index (κ3) is 2.32. The summed E-state index contributed by atoms with van der Waals surface area (Å²) in [6, 6.07) is 10.3. The minimum Gasteiger partial charge on any atom is -0.384 e. The number of nitrogens with two attached hydrogens (primary N) is 1. The van der Waals surface area contributed by atoms with Crippen molar-refractivity contribution in [2.24, 2.45) is 0 Å². The SMILES string of the molecule is CCC(Cc1ccccc1)n1[nH]c(N)c(C)c1=O. The molecule has 1 aromatic carbocycles. The smallest absolute Gasteiger partial charge is 0.271 e. The maximum Gasteiger partial charge on any atom is 0.271 e. The summed E-state index contributed by atoms with van der Waals surface area (Å²) in [7, 11) is 0. The first-order chi connectivity index (χ1) is 8.63. The van der Waals surface area contributed by atoms with E-state index in [-0.39, 0.29) is 11.6 Å². The average Bonchev–Trinajstić information content (AvgIpc) is 2.65. The number of hydrogen-bond donors (Lipinski definition) is 2. The van der Waals surface area contributed by atoms with E-state index in [0.717, 1.165) is 12.8 Å². The van der Waals surface area contributed by atoms with Crippen LogP contribution in [0.3, 0.4) is 0 Å². The van der Waals surface area contributed by atoms with E-state index in [1.807, 2.05) is 18.2 Å². The van der Waals surface area contributed by atoms with Crippen molar-refractivity contribution < 1.29 is 0 Å². The van der Waals surface area contributed by atoms with Gasteiger partial charge in [-0.2, -0.15) is 0 Å². The van der Waals surface area contributed by atoms with E-state index in [1.54, 1.807) is 11.6 Å². The molecule has 0 aliphatic heterocycles. The number of hydrogen-bond acceptors (Lipinski definition) is 2. The Morgan fingerprint density at radius 3 is 2.50 bits per heavy atom. The number of benzene rings is 1. The molecule has 0 saturated carbocycles. The molecule has 96 valence electrons. The lowest BCUT2D eigenvalue weighted by Crippen LogP contribution is -2.24. The van der Waals surface area contributed by atoms with Crippen molar-refractivity contribution in [2.75, 3.05) is 5.73 Å². The third-order valence-corrected chi connectivity index (χ3v) is 3.34. The summed E-state index contributed by atoms with van der Waals surface area (Å²) in [6.45, 7) is 3.83. The van der Waals surface area contributed by atoms with Gasteiger partial charge in [0.25, 0.3) is 5.56 Å². The van der Waals surface area contributed by atoms with Gasteiger partial charge >= 0.3 is 0 Å². The second-order valence-electron chi connectivity index (χ2n) is 4.58.